The lowest BCUT2D eigenvalue weighted by molar-refractivity contribution is -0.136. The molecule has 1 amide bonds. The number of carbonyl (C=O) groups excluding carboxylic acids is 1. The Morgan fingerprint density at radius 2 is 1.78 bits per heavy atom. The standard InChI is InChI=1S/C22H26N4O/c1-16-10-17(2)12-19(11-16)13-25-9-8-24(15-22(25)27)14-20-18(3)23-21-6-4-5-7-26(20)21/h4-7,10-12H,8-9,13-15H2,1-3H3. The normalized spacial score (nSPS) is 15.7. The molecule has 1 aliphatic heterocycles. The lowest BCUT2D eigenvalue weighted by atomic mass is 10.1. The quantitative estimate of drug-likeness (QED) is 0.716. The lowest BCUT2D eigenvalue weighted by Crippen LogP contribution is -2.49. The molecule has 1 saturated heterocycles. The summed E-state index contributed by atoms with van der Waals surface area (Å²) in [7, 11) is 0. The predicted molar refractivity (Wildman–Crippen MR) is 107 cm³/mol. The van der Waals surface area contributed by atoms with Crippen molar-refractivity contribution in [2.75, 3.05) is 19.6 Å². The molecule has 3 aromatic rings. The Labute approximate surface area is 160 Å². The van der Waals surface area contributed by atoms with E-state index >= 15 is 0 Å². The summed E-state index contributed by atoms with van der Waals surface area (Å²) < 4.78 is 2.13. The highest BCUT2D eigenvalue weighted by atomic mass is 16.2. The Balaban J connectivity index is 1.44. The summed E-state index contributed by atoms with van der Waals surface area (Å²) in [5, 5.41) is 0. The van der Waals surface area contributed by atoms with E-state index in [0.29, 0.717) is 13.1 Å². The molecule has 0 spiro atoms. The molecule has 0 unspecified atom stereocenters. The van der Waals surface area contributed by atoms with Crippen molar-refractivity contribution in [1.82, 2.24) is 19.2 Å². The van der Waals surface area contributed by atoms with E-state index < -0.39 is 0 Å². The molecule has 27 heavy (non-hydrogen) atoms. The average Bonchev–Trinajstić information content (AvgIpc) is 2.92. The largest absolute Gasteiger partial charge is 0.336 e. The number of amides is 1. The van der Waals surface area contributed by atoms with Crippen molar-refractivity contribution < 1.29 is 4.79 Å². The summed E-state index contributed by atoms with van der Waals surface area (Å²) in [5.74, 6) is 0.201. The number of hydrogen-bond donors (Lipinski definition) is 0. The summed E-state index contributed by atoms with van der Waals surface area (Å²) in [6, 6.07) is 12.6. The number of pyridine rings is 1. The zero-order chi connectivity index (χ0) is 19.0. The van der Waals surface area contributed by atoms with Crippen molar-refractivity contribution in [2.24, 2.45) is 0 Å². The molecule has 140 valence electrons. The maximum absolute atomic E-state index is 12.7. The fourth-order valence-corrected chi connectivity index (χ4v) is 4.01. The molecule has 1 fully saturated rings. The second kappa shape index (κ2) is 7.16. The number of aryl methyl sites for hydroxylation is 3. The number of rotatable bonds is 4. The van der Waals surface area contributed by atoms with Crippen LogP contribution < -0.4 is 0 Å². The molecular weight excluding hydrogens is 336 g/mol. The van der Waals surface area contributed by atoms with Gasteiger partial charge in [-0.2, -0.15) is 0 Å². The molecule has 0 bridgehead atoms. The van der Waals surface area contributed by atoms with Crippen molar-refractivity contribution in [1.29, 1.82) is 0 Å². The number of imidazole rings is 1. The highest BCUT2D eigenvalue weighted by molar-refractivity contribution is 5.79. The molecule has 0 aliphatic carbocycles. The second-order valence-electron chi connectivity index (χ2n) is 7.59. The van der Waals surface area contributed by atoms with Crippen molar-refractivity contribution >= 4 is 11.6 Å². The first kappa shape index (κ1) is 17.7. The van der Waals surface area contributed by atoms with Gasteiger partial charge in [-0.3, -0.25) is 9.69 Å². The Hall–Kier alpha value is -2.66. The second-order valence-corrected chi connectivity index (χ2v) is 7.59. The molecule has 3 heterocycles. The molecule has 5 heteroatoms. The summed E-state index contributed by atoms with van der Waals surface area (Å²) in [6.45, 7) is 9.81. The van der Waals surface area contributed by atoms with Gasteiger partial charge in [0.05, 0.1) is 17.9 Å². The Bertz CT molecular complexity index is 971. The molecule has 4 rings (SSSR count). The van der Waals surface area contributed by atoms with Gasteiger partial charge in [-0.15, -0.1) is 0 Å². The van der Waals surface area contributed by atoms with Gasteiger partial charge in [0.2, 0.25) is 5.91 Å². The van der Waals surface area contributed by atoms with Gasteiger partial charge in [0, 0.05) is 32.4 Å². The van der Waals surface area contributed by atoms with E-state index in [4.69, 9.17) is 0 Å². The highest BCUT2D eigenvalue weighted by Gasteiger charge is 2.25. The van der Waals surface area contributed by atoms with Crippen LogP contribution in [-0.2, 0) is 17.9 Å². The predicted octanol–water partition coefficient (Wildman–Crippen LogP) is 3.10. The Morgan fingerprint density at radius 1 is 1.00 bits per heavy atom. The molecule has 2 aromatic heterocycles. The summed E-state index contributed by atoms with van der Waals surface area (Å²) in [4.78, 5) is 21.5. The highest BCUT2D eigenvalue weighted by Crippen LogP contribution is 2.17. The van der Waals surface area contributed by atoms with Crippen LogP contribution >= 0.6 is 0 Å². The van der Waals surface area contributed by atoms with Crippen LogP contribution in [-0.4, -0.2) is 44.7 Å². The third-order valence-electron chi connectivity index (χ3n) is 5.26. The molecule has 0 atom stereocenters. The van der Waals surface area contributed by atoms with E-state index in [1.807, 2.05) is 36.2 Å². The SMILES string of the molecule is Cc1cc(C)cc(CN2CCN(Cc3c(C)nc4ccccn34)CC2=O)c1. The molecule has 0 radical (unpaired) electrons. The van der Waals surface area contributed by atoms with Crippen LogP contribution in [0.5, 0.6) is 0 Å². The maximum Gasteiger partial charge on any atom is 0.237 e. The molecule has 1 aliphatic rings. The zero-order valence-electron chi connectivity index (χ0n) is 16.3. The summed E-state index contributed by atoms with van der Waals surface area (Å²) in [6.07, 6.45) is 2.04. The number of fused-ring (bicyclic) bond motifs is 1. The van der Waals surface area contributed by atoms with Crippen LogP contribution in [0.15, 0.2) is 42.6 Å². The van der Waals surface area contributed by atoms with Gasteiger partial charge in [0.25, 0.3) is 0 Å². The molecule has 0 N–H and O–H groups in total. The van der Waals surface area contributed by atoms with E-state index in [1.54, 1.807) is 0 Å². The number of hydrogen-bond acceptors (Lipinski definition) is 3. The Morgan fingerprint density at radius 3 is 2.52 bits per heavy atom. The molecular formula is C22H26N4O. The number of benzene rings is 1. The fourth-order valence-electron chi connectivity index (χ4n) is 4.01. The lowest BCUT2D eigenvalue weighted by Gasteiger charge is -2.34. The molecule has 1 aromatic carbocycles. The third-order valence-corrected chi connectivity index (χ3v) is 5.26. The van der Waals surface area contributed by atoms with Crippen molar-refractivity contribution in [2.45, 2.75) is 33.9 Å². The van der Waals surface area contributed by atoms with E-state index in [-0.39, 0.29) is 5.91 Å². The van der Waals surface area contributed by atoms with Crippen LogP contribution in [0.25, 0.3) is 5.65 Å². The smallest absolute Gasteiger partial charge is 0.237 e. The van der Waals surface area contributed by atoms with E-state index in [0.717, 1.165) is 31.0 Å². The number of aromatic nitrogens is 2. The van der Waals surface area contributed by atoms with Gasteiger partial charge in [-0.05, 0) is 38.5 Å². The Kier molecular flexibility index (Phi) is 4.70. The topological polar surface area (TPSA) is 40.9 Å². The number of nitrogens with zero attached hydrogens (tertiary/aromatic N) is 4. The van der Waals surface area contributed by atoms with Crippen LogP contribution in [0, 0.1) is 20.8 Å². The van der Waals surface area contributed by atoms with Crippen molar-refractivity contribution in [3.63, 3.8) is 0 Å². The number of carbonyl (C=O) groups is 1. The fraction of sp³-hybridized carbons (Fsp3) is 0.364. The first-order valence-electron chi connectivity index (χ1n) is 9.49. The summed E-state index contributed by atoms with van der Waals surface area (Å²) >= 11 is 0. The third kappa shape index (κ3) is 3.74. The van der Waals surface area contributed by atoms with E-state index in [9.17, 15) is 4.79 Å². The van der Waals surface area contributed by atoms with Gasteiger partial charge >= 0.3 is 0 Å². The molecule has 0 saturated carbocycles. The van der Waals surface area contributed by atoms with E-state index in [1.165, 1.54) is 22.4 Å². The minimum atomic E-state index is 0.201. The van der Waals surface area contributed by atoms with Gasteiger partial charge in [0.15, 0.2) is 0 Å². The minimum absolute atomic E-state index is 0.201. The van der Waals surface area contributed by atoms with Crippen LogP contribution in [0.4, 0.5) is 0 Å². The average molecular weight is 362 g/mol. The van der Waals surface area contributed by atoms with Crippen molar-refractivity contribution in [3.8, 4) is 0 Å². The zero-order valence-corrected chi connectivity index (χ0v) is 16.3. The minimum Gasteiger partial charge on any atom is -0.336 e. The maximum atomic E-state index is 12.7. The van der Waals surface area contributed by atoms with Gasteiger partial charge in [-0.25, -0.2) is 4.98 Å². The number of piperazine rings is 1. The van der Waals surface area contributed by atoms with Crippen LogP contribution in [0.3, 0.4) is 0 Å². The van der Waals surface area contributed by atoms with Gasteiger partial charge in [-0.1, -0.05) is 35.4 Å². The van der Waals surface area contributed by atoms with Crippen molar-refractivity contribution in [3.05, 3.63) is 70.7 Å². The van der Waals surface area contributed by atoms with Crippen LogP contribution in [0.2, 0.25) is 0 Å². The van der Waals surface area contributed by atoms with E-state index in [2.05, 4.69) is 46.3 Å². The monoisotopic (exact) mass is 362 g/mol. The summed E-state index contributed by atoms with van der Waals surface area (Å²) in [5.41, 5.74) is 6.88. The molecule has 5 nitrogen and oxygen atoms in total. The first-order chi connectivity index (χ1) is 13.0. The van der Waals surface area contributed by atoms with Crippen LogP contribution in [0.1, 0.15) is 28.1 Å². The van der Waals surface area contributed by atoms with Gasteiger partial charge < -0.3 is 9.30 Å². The first-order valence-corrected chi connectivity index (χ1v) is 9.49. The van der Waals surface area contributed by atoms with Gasteiger partial charge in [0.1, 0.15) is 5.65 Å².